The number of carbonyl (C=O) groups is 1. The number of carbonyl (C=O) groups excluding carboxylic acids is 1. The number of ether oxygens (including phenoxy) is 1. The van der Waals surface area contributed by atoms with Crippen molar-refractivity contribution in [1.29, 1.82) is 0 Å². The fraction of sp³-hybridized carbons (Fsp3) is 0.429. The number of halogens is 3. The Labute approximate surface area is 220 Å². The van der Waals surface area contributed by atoms with Crippen LogP contribution in [0.1, 0.15) is 49.4 Å². The van der Waals surface area contributed by atoms with Gasteiger partial charge in [-0.05, 0) is 94.1 Å². The summed E-state index contributed by atoms with van der Waals surface area (Å²) in [6, 6.07) is 11.8. The average Bonchev–Trinajstić information content (AvgIpc) is 2.92. The van der Waals surface area contributed by atoms with E-state index in [-0.39, 0.29) is 23.7 Å². The molecule has 1 aliphatic heterocycles. The third-order valence-corrected chi connectivity index (χ3v) is 7.81. The number of hydrogen-bond donors (Lipinski definition) is 2. The molecule has 2 aromatic carbocycles. The highest BCUT2D eigenvalue weighted by Crippen LogP contribution is 2.42. The second-order valence-electron chi connectivity index (χ2n) is 9.70. The van der Waals surface area contributed by atoms with Gasteiger partial charge in [0.25, 0.3) is 0 Å². The zero-order chi connectivity index (χ0) is 26.4. The number of pyridine rings is 1. The first-order valence-corrected chi connectivity index (χ1v) is 12.9. The first-order valence-electron chi connectivity index (χ1n) is 12.5. The number of nitrogens with zero attached hydrogens (tertiary/aromatic N) is 2. The molecule has 6 nitrogen and oxygen atoms in total. The SMILES string of the molecule is COc1ccc2ncc(Cl)c([C@H](F)CCC3(C(=O)NO)CCN(CCCc4ccc(F)cc4)CC3)c2c1. The largest absolute Gasteiger partial charge is 0.497 e. The maximum absolute atomic E-state index is 15.7. The van der Waals surface area contributed by atoms with Crippen molar-refractivity contribution in [3.05, 3.63) is 70.6 Å². The van der Waals surface area contributed by atoms with Crippen LogP contribution in [-0.4, -0.2) is 47.7 Å². The number of rotatable bonds is 10. The monoisotopic (exact) mass is 531 g/mol. The minimum Gasteiger partial charge on any atom is -0.497 e. The Morgan fingerprint density at radius 3 is 2.65 bits per heavy atom. The fourth-order valence-electron chi connectivity index (χ4n) is 5.23. The number of methoxy groups -OCH3 is 1. The van der Waals surface area contributed by atoms with Crippen LogP contribution in [0.2, 0.25) is 5.02 Å². The molecule has 1 saturated heterocycles. The molecule has 1 aliphatic rings. The smallest absolute Gasteiger partial charge is 0.249 e. The van der Waals surface area contributed by atoms with E-state index in [1.54, 1.807) is 30.3 Å². The fourth-order valence-corrected chi connectivity index (χ4v) is 5.50. The van der Waals surface area contributed by atoms with Crippen LogP contribution in [0.5, 0.6) is 5.75 Å². The van der Waals surface area contributed by atoms with E-state index in [9.17, 15) is 14.4 Å². The summed E-state index contributed by atoms with van der Waals surface area (Å²) in [6.45, 7) is 2.19. The molecule has 0 spiro atoms. The molecule has 0 unspecified atom stereocenters. The minimum atomic E-state index is -1.41. The molecule has 0 bridgehead atoms. The molecule has 9 heteroatoms. The summed E-state index contributed by atoms with van der Waals surface area (Å²) in [5.74, 6) is -0.140. The quantitative estimate of drug-likeness (QED) is 0.246. The van der Waals surface area contributed by atoms with E-state index in [0.717, 1.165) is 24.9 Å². The minimum absolute atomic E-state index is 0.0774. The maximum atomic E-state index is 15.7. The standard InChI is InChI=1S/C28H32ClF2N3O3/c1-37-21-8-9-25-22(17-21)26(23(29)18-32-25)24(31)10-11-28(27(35)33-36)12-15-34(16-13-28)14-2-3-19-4-6-20(30)7-5-19/h4-9,17-18,24,36H,2-3,10-16H2,1H3,(H,33,35)/t24-/m1/s1. The number of amides is 1. The van der Waals surface area contributed by atoms with E-state index in [1.165, 1.54) is 25.4 Å². The molecule has 1 atom stereocenters. The zero-order valence-electron chi connectivity index (χ0n) is 20.9. The molecule has 0 radical (unpaired) electrons. The summed E-state index contributed by atoms with van der Waals surface area (Å²) in [7, 11) is 1.54. The number of likely N-dealkylation sites (tertiary alicyclic amines) is 1. The lowest BCUT2D eigenvalue weighted by atomic mass is 9.73. The summed E-state index contributed by atoms with van der Waals surface area (Å²) in [5, 5.41) is 10.3. The molecule has 0 aliphatic carbocycles. The van der Waals surface area contributed by atoms with Crippen molar-refractivity contribution < 1.29 is 23.5 Å². The number of alkyl halides is 1. The van der Waals surface area contributed by atoms with Crippen molar-refractivity contribution in [2.75, 3.05) is 26.7 Å². The van der Waals surface area contributed by atoms with Crippen LogP contribution in [0.3, 0.4) is 0 Å². The normalized spacial score (nSPS) is 16.5. The molecule has 1 amide bonds. The van der Waals surface area contributed by atoms with Gasteiger partial charge in [0.1, 0.15) is 17.7 Å². The summed E-state index contributed by atoms with van der Waals surface area (Å²) >= 11 is 6.37. The number of benzene rings is 2. The van der Waals surface area contributed by atoms with Gasteiger partial charge in [-0.3, -0.25) is 15.0 Å². The number of fused-ring (bicyclic) bond motifs is 1. The Balaban J connectivity index is 1.39. The van der Waals surface area contributed by atoms with Gasteiger partial charge in [-0.15, -0.1) is 0 Å². The molecule has 37 heavy (non-hydrogen) atoms. The highest BCUT2D eigenvalue weighted by Gasteiger charge is 2.41. The highest BCUT2D eigenvalue weighted by atomic mass is 35.5. The zero-order valence-corrected chi connectivity index (χ0v) is 21.6. The lowest BCUT2D eigenvalue weighted by Crippen LogP contribution is -2.48. The third kappa shape index (κ3) is 6.37. The number of piperidine rings is 1. The van der Waals surface area contributed by atoms with E-state index in [0.29, 0.717) is 48.1 Å². The van der Waals surface area contributed by atoms with E-state index in [4.69, 9.17) is 16.3 Å². The molecule has 3 aromatic rings. The van der Waals surface area contributed by atoms with Crippen molar-refractivity contribution in [3.63, 3.8) is 0 Å². The van der Waals surface area contributed by atoms with Gasteiger partial charge < -0.3 is 9.64 Å². The number of nitrogens with one attached hydrogen (secondary N) is 1. The highest BCUT2D eigenvalue weighted by molar-refractivity contribution is 6.32. The second-order valence-corrected chi connectivity index (χ2v) is 10.1. The predicted octanol–water partition coefficient (Wildman–Crippen LogP) is 6.05. The van der Waals surface area contributed by atoms with Crippen molar-refractivity contribution in [2.24, 2.45) is 5.41 Å². The van der Waals surface area contributed by atoms with Crippen LogP contribution in [0, 0.1) is 11.2 Å². The van der Waals surface area contributed by atoms with Crippen LogP contribution >= 0.6 is 11.6 Å². The van der Waals surface area contributed by atoms with Crippen molar-refractivity contribution in [1.82, 2.24) is 15.4 Å². The summed E-state index contributed by atoms with van der Waals surface area (Å²) < 4.78 is 34.1. The Kier molecular flexibility index (Phi) is 8.95. The molecule has 1 aromatic heterocycles. The van der Waals surface area contributed by atoms with Crippen LogP contribution in [0.25, 0.3) is 10.9 Å². The second kappa shape index (κ2) is 12.2. The Morgan fingerprint density at radius 1 is 1.24 bits per heavy atom. The van der Waals surface area contributed by atoms with Crippen molar-refractivity contribution in [2.45, 2.75) is 44.7 Å². The van der Waals surface area contributed by atoms with Crippen molar-refractivity contribution in [3.8, 4) is 5.75 Å². The van der Waals surface area contributed by atoms with Crippen LogP contribution in [-0.2, 0) is 11.2 Å². The lowest BCUT2D eigenvalue weighted by molar-refractivity contribution is -0.143. The van der Waals surface area contributed by atoms with Crippen LogP contribution in [0.4, 0.5) is 8.78 Å². The van der Waals surface area contributed by atoms with E-state index >= 15 is 4.39 Å². The van der Waals surface area contributed by atoms with E-state index in [1.807, 2.05) is 5.48 Å². The molecule has 2 heterocycles. The summed E-state index contributed by atoms with van der Waals surface area (Å²) in [6.07, 6.45) is 3.16. The first-order chi connectivity index (χ1) is 17.8. The van der Waals surface area contributed by atoms with Gasteiger partial charge in [0.05, 0.1) is 23.1 Å². The Bertz CT molecular complexity index is 1220. The third-order valence-electron chi connectivity index (χ3n) is 7.51. The molecule has 1 fully saturated rings. The van der Waals surface area contributed by atoms with Gasteiger partial charge in [0, 0.05) is 17.1 Å². The molecular formula is C28H32ClF2N3O3. The Morgan fingerprint density at radius 2 is 1.97 bits per heavy atom. The van der Waals surface area contributed by atoms with Gasteiger partial charge in [0.15, 0.2) is 0 Å². The van der Waals surface area contributed by atoms with Gasteiger partial charge in [0.2, 0.25) is 5.91 Å². The van der Waals surface area contributed by atoms with Crippen LogP contribution < -0.4 is 10.2 Å². The number of hydroxylamine groups is 1. The molecule has 4 rings (SSSR count). The maximum Gasteiger partial charge on any atom is 0.249 e. The summed E-state index contributed by atoms with van der Waals surface area (Å²) in [5.41, 5.74) is 2.99. The van der Waals surface area contributed by atoms with Gasteiger partial charge in [-0.1, -0.05) is 23.7 Å². The number of aryl methyl sites for hydroxylation is 1. The van der Waals surface area contributed by atoms with Gasteiger partial charge in [-0.2, -0.15) is 0 Å². The van der Waals surface area contributed by atoms with E-state index < -0.39 is 17.5 Å². The average molecular weight is 532 g/mol. The number of hydrogen-bond acceptors (Lipinski definition) is 5. The summed E-state index contributed by atoms with van der Waals surface area (Å²) in [4.78, 5) is 19.3. The number of aromatic nitrogens is 1. The van der Waals surface area contributed by atoms with Gasteiger partial charge >= 0.3 is 0 Å². The predicted molar refractivity (Wildman–Crippen MR) is 139 cm³/mol. The lowest BCUT2D eigenvalue weighted by Gasteiger charge is -2.40. The van der Waals surface area contributed by atoms with Crippen LogP contribution in [0.15, 0.2) is 48.7 Å². The molecule has 2 N–H and O–H groups in total. The molecule has 0 saturated carbocycles. The Hall–Kier alpha value is -2.81. The van der Waals surface area contributed by atoms with Crippen molar-refractivity contribution >= 4 is 28.4 Å². The molecule has 198 valence electrons. The first kappa shape index (κ1) is 27.2. The molecular weight excluding hydrogens is 500 g/mol. The van der Waals surface area contributed by atoms with Gasteiger partial charge in [-0.25, -0.2) is 14.3 Å². The van der Waals surface area contributed by atoms with E-state index in [2.05, 4.69) is 9.88 Å². The topological polar surface area (TPSA) is 74.7 Å².